The first-order valence-electron chi connectivity index (χ1n) is 6.01. The number of aryl methyl sites for hydroxylation is 2. The van der Waals surface area contributed by atoms with E-state index < -0.39 is 0 Å². The zero-order chi connectivity index (χ0) is 14.0. The number of halogens is 2. The number of benzene rings is 2. The molecule has 0 aromatic heterocycles. The van der Waals surface area contributed by atoms with E-state index in [9.17, 15) is 0 Å². The maximum absolute atomic E-state index is 5.80. The summed E-state index contributed by atoms with van der Waals surface area (Å²) in [6.45, 7) is 4.21. The molecule has 2 rings (SSSR count). The molecule has 1 unspecified atom stereocenters. The van der Waals surface area contributed by atoms with Gasteiger partial charge in [0.05, 0.1) is 6.04 Å². The van der Waals surface area contributed by atoms with Crippen LogP contribution in [0.3, 0.4) is 0 Å². The van der Waals surface area contributed by atoms with Gasteiger partial charge < -0.3 is 0 Å². The van der Waals surface area contributed by atoms with Crippen LogP contribution in [0.1, 0.15) is 28.3 Å². The number of hydrogen-bond acceptors (Lipinski definition) is 2. The standard InChI is InChI=1S/C15H16BrIN2/c1-9-3-4-10(2)12(7-9)15(19-18)13-8-11(17)5-6-14(13)16/h3-8,15,19H,18H2,1-2H3. The van der Waals surface area contributed by atoms with Crippen LogP contribution in [0.15, 0.2) is 40.9 Å². The molecule has 100 valence electrons. The molecule has 0 aliphatic heterocycles. The van der Waals surface area contributed by atoms with Gasteiger partial charge in [0.15, 0.2) is 0 Å². The largest absolute Gasteiger partial charge is 0.271 e. The lowest BCUT2D eigenvalue weighted by atomic mass is 9.94. The maximum Gasteiger partial charge on any atom is 0.0724 e. The Morgan fingerprint density at radius 3 is 2.53 bits per heavy atom. The maximum atomic E-state index is 5.80. The van der Waals surface area contributed by atoms with Gasteiger partial charge in [0.25, 0.3) is 0 Å². The van der Waals surface area contributed by atoms with Gasteiger partial charge in [-0.3, -0.25) is 5.84 Å². The number of nitrogens with two attached hydrogens (primary N) is 1. The predicted molar refractivity (Wildman–Crippen MR) is 91.9 cm³/mol. The van der Waals surface area contributed by atoms with Crippen LogP contribution >= 0.6 is 38.5 Å². The SMILES string of the molecule is Cc1ccc(C)c(C(NN)c2cc(I)ccc2Br)c1. The van der Waals surface area contributed by atoms with E-state index >= 15 is 0 Å². The van der Waals surface area contributed by atoms with Crippen molar-refractivity contribution >= 4 is 38.5 Å². The lowest BCUT2D eigenvalue weighted by Crippen LogP contribution is -2.29. The summed E-state index contributed by atoms with van der Waals surface area (Å²) in [6.07, 6.45) is 0. The van der Waals surface area contributed by atoms with Gasteiger partial charge in [0.2, 0.25) is 0 Å². The summed E-state index contributed by atoms with van der Waals surface area (Å²) >= 11 is 5.93. The Morgan fingerprint density at radius 2 is 1.84 bits per heavy atom. The molecule has 4 heteroatoms. The monoisotopic (exact) mass is 430 g/mol. The summed E-state index contributed by atoms with van der Waals surface area (Å²) in [5, 5.41) is 0. The van der Waals surface area contributed by atoms with Crippen LogP contribution in [0.2, 0.25) is 0 Å². The molecule has 1 atom stereocenters. The molecule has 0 fully saturated rings. The fourth-order valence-corrected chi connectivity index (χ4v) is 3.14. The van der Waals surface area contributed by atoms with Gasteiger partial charge in [-0.15, -0.1) is 0 Å². The van der Waals surface area contributed by atoms with Crippen molar-refractivity contribution in [3.63, 3.8) is 0 Å². The Bertz CT molecular complexity index is 547. The molecule has 0 aliphatic carbocycles. The molecule has 2 aromatic rings. The van der Waals surface area contributed by atoms with E-state index in [2.05, 4.69) is 94.2 Å². The number of rotatable bonds is 3. The Hall–Kier alpha value is -0.430. The Labute approximate surface area is 136 Å². The third kappa shape index (κ3) is 3.37. The number of hydrazine groups is 1. The van der Waals surface area contributed by atoms with Crippen LogP contribution in [-0.2, 0) is 0 Å². The summed E-state index contributed by atoms with van der Waals surface area (Å²) < 4.78 is 2.26. The minimum absolute atomic E-state index is 0.0102. The first kappa shape index (κ1) is 15.0. The van der Waals surface area contributed by atoms with Crippen molar-refractivity contribution in [2.24, 2.45) is 5.84 Å². The Balaban J connectivity index is 2.55. The molecule has 0 heterocycles. The fraction of sp³-hybridized carbons (Fsp3) is 0.200. The molecule has 3 N–H and O–H groups in total. The molecule has 0 bridgehead atoms. The van der Waals surface area contributed by atoms with Crippen molar-refractivity contribution in [2.45, 2.75) is 19.9 Å². The van der Waals surface area contributed by atoms with Crippen LogP contribution in [0.4, 0.5) is 0 Å². The molecule has 19 heavy (non-hydrogen) atoms. The Morgan fingerprint density at radius 1 is 1.11 bits per heavy atom. The molecular weight excluding hydrogens is 415 g/mol. The smallest absolute Gasteiger partial charge is 0.0724 e. The normalized spacial score (nSPS) is 12.5. The minimum Gasteiger partial charge on any atom is -0.271 e. The predicted octanol–water partition coefficient (Wildman–Crippen LogP) is 4.22. The van der Waals surface area contributed by atoms with E-state index in [0.717, 1.165) is 10.0 Å². The number of nitrogens with one attached hydrogen (secondary N) is 1. The van der Waals surface area contributed by atoms with Crippen molar-refractivity contribution in [1.82, 2.24) is 5.43 Å². The summed E-state index contributed by atoms with van der Waals surface area (Å²) in [5.41, 5.74) is 7.78. The second-order valence-corrected chi connectivity index (χ2v) is 6.73. The highest BCUT2D eigenvalue weighted by Crippen LogP contribution is 2.31. The van der Waals surface area contributed by atoms with Crippen LogP contribution in [0.5, 0.6) is 0 Å². The molecule has 0 radical (unpaired) electrons. The van der Waals surface area contributed by atoms with Gasteiger partial charge in [0, 0.05) is 8.04 Å². The van der Waals surface area contributed by atoms with Gasteiger partial charge in [-0.1, -0.05) is 39.7 Å². The van der Waals surface area contributed by atoms with Crippen LogP contribution in [0, 0.1) is 17.4 Å². The summed E-state index contributed by atoms with van der Waals surface area (Å²) in [6, 6.07) is 12.7. The van der Waals surface area contributed by atoms with Crippen molar-refractivity contribution in [2.75, 3.05) is 0 Å². The van der Waals surface area contributed by atoms with E-state index in [1.807, 2.05) is 0 Å². The first-order valence-corrected chi connectivity index (χ1v) is 7.88. The molecule has 0 aliphatic rings. The van der Waals surface area contributed by atoms with Crippen molar-refractivity contribution < 1.29 is 0 Å². The van der Waals surface area contributed by atoms with E-state index in [1.54, 1.807) is 0 Å². The second kappa shape index (κ2) is 6.35. The Kier molecular flexibility index (Phi) is 5.00. The third-order valence-corrected chi connectivity index (χ3v) is 4.57. The van der Waals surface area contributed by atoms with Gasteiger partial charge in [0.1, 0.15) is 0 Å². The topological polar surface area (TPSA) is 38.0 Å². The van der Waals surface area contributed by atoms with Gasteiger partial charge >= 0.3 is 0 Å². The quantitative estimate of drug-likeness (QED) is 0.434. The zero-order valence-electron chi connectivity index (χ0n) is 10.9. The van der Waals surface area contributed by atoms with Crippen LogP contribution in [0.25, 0.3) is 0 Å². The first-order chi connectivity index (χ1) is 9.02. The molecule has 0 spiro atoms. The van der Waals surface area contributed by atoms with Gasteiger partial charge in [-0.25, -0.2) is 5.43 Å². The average molecular weight is 431 g/mol. The third-order valence-electron chi connectivity index (χ3n) is 3.18. The highest BCUT2D eigenvalue weighted by molar-refractivity contribution is 14.1. The fourth-order valence-electron chi connectivity index (χ4n) is 2.15. The summed E-state index contributed by atoms with van der Waals surface area (Å²) in [4.78, 5) is 0. The van der Waals surface area contributed by atoms with E-state index in [1.165, 1.54) is 20.3 Å². The molecule has 0 amide bonds. The number of hydrogen-bond donors (Lipinski definition) is 2. The van der Waals surface area contributed by atoms with Crippen molar-refractivity contribution in [3.8, 4) is 0 Å². The van der Waals surface area contributed by atoms with E-state index in [0.29, 0.717) is 0 Å². The molecule has 0 saturated carbocycles. The highest BCUT2D eigenvalue weighted by Gasteiger charge is 2.17. The lowest BCUT2D eigenvalue weighted by Gasteiger charge is -2.21. The van der Waals surface area contributed by atoms with E-state index in [4.69, 9.17) is 5.84 Å². The van der Waals surface area contributed by atoms with Crippen molar-refractivity contribution in [3.05, 3.63) is 66.7 Å². The van der Waals surface area contributed by atoms with Crippen LogP contribution in [-0.4, -0.2) is 0 Å². The van der Waals surface area contributed by atoms with Crippen LogP contribution < -0.4 is 11.3 Å². The van der Waals surface area contributed by atoms with E-state index in [-0.39, 0.29) is 6.04 Å². The average Bonchev–Trinajstić information content (AvgIpc) is 2.38. The summed E-state index contributed by atoms with van der Waals surface area (Å²) in [7, 11) is 0. The molecule has 0 saturated heterocycles. The van der Waals surface area contributed by atoms with Crippen molar-refractivity contribution in [1.29, 1.82) is 0 Å². The minimum atomic E-state index is -0.0102. The molecule has 2 aromatic carbocycles. The summed E-state index contributed by atoms with van der Waals surface area (Å²) in [5.74, 6) is 5.80. The molecule has 2 nitrogen and oxygen atoms in total. The lowest BCUT2D eigenvalue weighted by molar-refractivity contribution is 0.630. The molecular formula is C15H16BrIN2. The highest BCUT2D eigenvalue weighted by atomic mass is 127. The second-order valence-electron chi connectivity index (χ2n) is 4.63. The van der Waals surface area contributed by atoms with Gasteiger partial charge in [-0.2, -0.15) is 0 Å². The van der Waals surface area contributed by atoms with Gasteiger partial charge in [-0.05, 0) is 71.3 Å². The zero-order valence-corrected chi connectivity index (χ0v) is 14.6.